The molecule has 0 unspecified atom stereocenters. The van der Waals surface area contributed by atoms with Gasteiger partial charge in [0, 0.05) is 24.5 Å². The Morgan fingerprint density at radius 3 is 2.62 bits per heavy atom. The van der Waals surface area contributed by atoms with Gasteiger partial charge in [0.1, 0.15) is 0 Å². The van der Waals surface area contributed by atoms with Crippen LogP contribution in [0.25, 0.3) is 0 Å². The maximum absolute atomic E-state index is 11.0. The molecular weight excluding hydrogens is 190 g/mol. The lowest BCUT2D eigenvalue weighted by molar-refractivity contribution is 0.143. The molecule has 0 heterocycles. The fourth-order valence-corrected chi connectivity index (χ4v) is 1.79. The van der Waals surface area contributed by atoms with Gasteiger partial charge in [0.15, 0.2) is 0 Å². The zero-order chi connectivity index (χ0) is 9.95. The summed E-state index contributed by atoms with van der Waals surface area (Å²) in [5.74, 6) is 0. The third-order valence-electron chi connectivity index (χ3n) is 2.28. The first-order valence-corrected chi connectivity index (χ1v) is 5.69. The average molecular weight is 205 g/mol. The largest absolute Gasteiger partial charge is 0.384 e. The molecule has 76 valence electrons. The van der Waals surface area contributed by atoms with Crippen LogP contribution in [0.1, 0.15) is 12.8 Å². The van der Waals surface area contributed by atoms with Gasteiger partial charge in [0.25, 0.3) is 0 Å². The first kappa shape index (κ1) is 10.7. The fraction of sp³-hybridized carbons (Fsp3) is 0.750. The Morgan fingerprint density at radius 2 is 2.23 bits per heavy atom. The van der Waals surface area contributed by atoms with E-state index in [-0.39, 0.29) is 5.41 Å². The maximum Gasteiger partial charge on any atom is 0.233 e. The normalized spacial score (nSPS) is 19.8. The molecule has 1 aliphatic rings. The predicted octanol–water partition coefficient (Wildman–Crippen LogP) is 0.476. The van der Waals surface area contributed by atoms with Crippen LogP contribution in [0.5, 0.6) is 0 Å². The molecule has 4 nitrogen and oxygen atoms in total. The minimum absolute atomic E-state index is 0.0465. The van der Waals surface area contributed by atoms with E-state index >= 15 is 0 Å². The van der Waals surface area contributed by atoms with Crippen molar-refractivity contribution in [2.75, 3.05) is 20.3 Å². The molecule has 0 spiro atoms. The molecule has 0 saturated heterocycles. The summed E-state index contributed by atoms with van der Waals surface area (Å²) in [6, 6.07) is 0. The number of hydrogen-bond donors (Lipinski definition) is 1. The van der Waals surface area contributed by atoms with E-state index in [1.165, 1.54) is 0 Å². The zero-order valence-corrected chi connectivity index (χ0v) is 8.56. The molecule has 1 fully saturated rings. The number of hydrogen-bond acceptors (Lipinski definition) is 3. The van der Waals surface area contributed by atoms with E-state index in [2.05, 4.69) is 11.3 Å². The molecule has 1 saturated carbocycles. The fourth-order valence-electron chi connectivity index (χ4n) is 1.17. The molecule has 1 N–H and O–H groups in total. The Hall–Kier alpha value is -0.390. The molecule has 13 heavy (non-hydrogen) atoms. The molecule has 0 amide bonds. The first-order chi connectivity index (χ1) is 6.04. The standard InChI is InChI=1S/C8H15NO3S/c1-3-13(10,11)9-6-8(4-5-8)7-12-2/h3,9H,1,4-7H2,2H3. The van der Waals surface area contributed by atoms with Crippen LogP contribution in [0, 0.1) is 5.41 Å². The molecule has 0 aliphatic heterocycles. The summed E-state index contributed by atoms with van der Waals surface area (Å²) >= 11 is 0. The second kappa shape index (κ2) is 3.77. The summed E-state index contributed by atoms with van der Waals surface area (Å²) < 4.78 is 29.5. The van der Waals surface area contributed by atoms with Crippen LogP contribution in [-0.4, -0.2) is 28.7 Å². The van der Waals surface area contributed by atoms with Gasteiger partial charge in [-0.3, -0.25) is 0 Å². The van der Waals surface area contributed by atoms with E-state index in [0.717, 1.165) is 18.2 Å². The van der Waals surface area contributed by atoms with Gasteiger partial charge in [0.2, 0.25) is 10.0 Å². The van der Waals surface area contributed by atoms with Gasteiger partial charge in [-0.15, -0.1) is 0 Å². The van der Waals surface area contributed by atoms with Crippen LogP contribution < -0.4 is 4.72 Å². The predicted molar refractivity (Wildman–Crippen MR) is 50.7 cm³/mol. The van der Waals surface area contributed by atoms with Crippen molar-refractivity contribution in [1.82, 2.24) is 4.72 Å². The van der Waals surface area contributed by atoms with Gasteiger partial charge >= 0.3 is 0 Å². The van der Waals surface area contributed by atoms with Gasteiger partial charge in [-0.05, 0) is 12.8 Å². The van der Waals surface area contributed by atoms with Gasteiger partial charge < -0.3 is 4.74 Å². The van der Waals surface area contributed by atoms with Gasteiger partial charge in [-0.1, -0.05) is 6.58 Å². The molecule has 5 heteroatoms. The number of nitrogens with one attached hydrogen (secondary N) is 1. The quantitative estimate of drug-likeness (QED) is 0.686. The number of sulfonamides is 1. The second-order valence-corrected chi connectivity index (χ2v) is 5.18. The third kappa shape index (κ3) is 3.10. The molecule has 1 aliphatic carbocycles. The van der Waals surface area contributed by atoms with Crippen LogP contribution >= 0.6 is 0 Å². The Labute approximate surface area is 79.0 Å². The average Bonchev–Trinajstić information content (AvgIpc) is 2.84. The van der Waals surface area contributed by atoms with E-state index in [0.29, 0.717) is 13.2 Å². The summed E-state index contributed by atoms with van der Waals surface area (Å²) in [7, 11) is -1.65. The first-order valence-electron chi connectivity index (χ1n) is 4.15. The van der Waals surface area contributed by atoms with Crippen LogP contribution in [0.4, 0.5) is 0 Å². The van der Waals surface area contributed by atoms with E-state index in [4.69, 9.17) is 4.74 Å². The molecule has 0 atom stereocenters. The lowest BCUT2D eigenvalue weighted by atomic mass is 10.1. The number of methoxy groups -OCH3 is 1. The third-order valence-corrected chi connectivity index (χ3v) is 3.26. The van der Waals surface area contributed by atoms with Crippen molar-refractivity contribution in [3.8, 4) is 0 Å². The van der Waals surface area contributed by atoms with E-state index in [1.807, 2.05) is 0 Å². The lowest BCUT2D eigenvalue weighted by Gasteiger charge is -2.13. The summed E-state index contributed by atoms with van der Waals surface area (Å²) in [4.78, 5) is 0. The van der Waals surface area contributed by atoms with Gasteiger partial charge in [-0.25, -0.2) is 13.1 Å². The minimum atomic E-state index is -3.27. The van der Waals surface area contributed by atoms with Crippen LogP contribution in [0.2, 0.25) is 0 Å². The summed E-state index contributed by atoms with van der Waals surface area (Å²) in [6.45, 7) is 4.29. The minimum Gasteiger partial charge on any atom is -0.384 e. The summed E-state index contributed by atoms with van der Waals surface area (Å²) in [6.07, 6.45) is 2.06. The zero-order valence-electron chi connectivity index (χ0n) is 7.75. The highest BCUT2D eigenvalue weighted by molar-refractivity contribution is 7.92. The molecule has 0 bridgehead atoms. The smallest absolute Gasteiger partial charge is 0.233 e. The van der Waals surface area contributed by atoms with Gasteiger partial charge in [-0.2, -0.15) is 0 Å². The Balaban J connectivity index is 2.38. The highest BCUT2D eigenvalue weighted by atomic mass is 32.2. The summed E-state index contributed by atoms with van der Waals surface area (Å²) in [5.41, 5.74) is 0.0465. The summed E-state index contributed by atoms with van der Waals surface area (Å²) in [5, 5.41) is 0.926. The lowest BCUT2D eigenvalue weighted by Crippen LogP contribution is -2.30. The van der Waals surface area contributed by atoms with Crippen molar-refractivity contribution in [2.24, 2.45) is 5.41 Å². The Kier molecular flexibility index (Phi) is 3.10. The SMILES string of the molecule is C=CS(=O)(=O)NCC1(COC)CC1. The highest BCUT2D eigenvalue weighted by Crippen LogP contribution is 2.45. The van der Waals surface area contributed by atoms with Crippen molar-refractivity contribution >= 4 is 10.0 Å². The van der Waals surface area contributed by atoms with E-state index in [1.54, 1.807) is 7.11 Å². The number of ether oxygens (including phenoxy) is 1. The van der Waals surface area contributed by atoms with Crippen LogP contribution in [-0.2, 0) is 14.8 Å². The molecule has 0 radical (unpaired) electrons. The van der Waals surface area contributed by atoms with Crippen LogP contribution in [0.3, 0.4) is 0 Å². The Bertz CT molecular complexity index is 280. The topological polar surface area (TPSA) is 55.4 Å². The van der Waals surface area contributed by atoms with Crippen molar-refractivity contribution in [2.45, 2.75) is 12.8 Å². The molecule has 0 aromatic rings. The van der Waals surface area contributed by atoms with Crippen molar-refractivity contribution in [1.29, 1.82) is 0 Å². The Morgan fingerprint density at radius 1 is 1.62 bits per heavy atom. The van der Waals surface area contributed by atoms with Crippen molar-refractivity contribution in [3.05, 3.63) is 12.0 Å². The molecular formula is C8H15NO3S. The van der Waals surface area contributed by atoms with Gasteiger partial charge in [0.05, 0.1) is 6.61 Å². The second-order valence-electron chi connectivity index (χ2n) is 3.47. The van der Waals surface area contributed by atoms with E-state index < -0.39 is 10.0 Å². The highest BCUT2D eigenvalue weighted by Gasteiger charge is 2.42. The van der Waals surface area contributed by atoms with Crippen molar-refractivity contribution < 1.29 is 13.2 Å². The molecule has 0 aromatic heterocycles. The monoisotopic (exact) mass is 205 g/mol. The molecule has 0 aromatic carbocycles. The molecule has 1 rings (SSSR count). The number of rotatable bonds is 6. The van der Waals surface area contributed by atoms with Crippen molar-refractivity contribution in [3.63, 3.8) is 0 Å². The maximum atomic E-state index is 11.0. The van der Waals surface area contributed by atoms with Crippen LogP contribution in [0.15, 0.2) is 12.0 Å². The van der Waals surface area contributed by atoms with E-state index in [9.17, 15) is 8.42 Å².